The van der Waals surface area contributed by atoms with E-state index in [4.69, 9.17) is 9.47 Å². The maximum absolute atomic E-state index is 13.5. The van der Waals surface area contributed by atoms with E-state index < -0.39 is 11.6 Å². The maximum atomic E-state index is 13.5. The third-order valence-corrected chi connectivity index (χ3v) is 4.45. The number of benzene rings is 1. The molecule has 0 aromatic heterocycles. The van der Waals surface area contributed by atoms with Gasteiger partial charge in [-0.05, 0) is 23.6 Å². The third kappa shape index (κ3) is 4.03. The number of methoxy groups -OCH3 is 1. The van der Waals surface area contributed by atoms with Gasteiger partial charge in [-0.1, -0.05) is 19.9 Å². The van der Waals surface area contributed by atoms with Crippen molar-refractivity contribution in [1.29, 1.82) is 0 Å². The highest BCUT2D eigenvalue weighted by atomic mass is 19.2. The Kier molecular flexibility index (Phi) is 5.89. The maximum Gasteiger partial charge on any atom is 0.159 e. The molecule has 0 aliphatic carbocycles. The molecule has 1 atom stereocenters. The highest BCUT2D eigenvalue weighted by molar-refractivity contribution is 5.22. The molecule has 1 unspecified atom stereocenters. The fourth-order valence-electron chi connectivity index (χ4n) is 2.94. The van der Waals surface area contributed by atoms with Crippen molar-refractivity contribution in [2.24, 2.45) is 5.92 Å². The van der Waals surface area contributed by atoms with Gasteiger partial charge in [0.1, 0.15) is 0 Å². The molecule has 1 saturated heterocycles. The second-order valence-corrected chi connectivity index (χ2v) is 6.28. The van der Waals surface area contributed by atoms with E-state index in [2.05, 4.69) is 19.2 Å². The molecule has 1 N–H and O–H groups in total. The van der Waals surface area contributed by atoms with Crippen molar-refractivity contribution in [1.82, 2.24) is 5.32 Å². The van der Waals surface area contributed by atoms with Gasteiger partial charge in [-0.2, -0.15) is 0 Å². The van der Waals surface area contributed by atoms with Crippen LogP contribution in [0.2, 0.25) is 0 Å². The zero-order valence-electron chi connectivity index (χ0n) is 13.5. The second-order valence-electron chi connectivity index (χ2n) is 6.28. The predicted octanol–water partition coefficient (Wildman–Crippen LogP) is 3.45. The van der Waals surface area contributed by atoms with Crippen molar-refractivity contribution in [3.05, 3.63) is 35.4 Å². The zero-order chi connectivity index (χ0) is 16.2. The summed E-state index contributed by atoms with van der Waals surface area (Å²) in [6.07, 6.45) is 1.66. The van der Waals surface area contributed by atoms with Crippen molar-refractivity contribution in [3.8, 4) is 0 Å². The van der Waals surface area contributed by atoms with Gasteiger partial charge >= 0.3 is 0 Å². The molecule has 3 nitrogen and oxygen atoms in total. The first-order chi connectivity index (χ1) is 10.5. The van der Waals surface area contributed by atoms with E-state index >= 15 is 0 Å². The van der Waals surface area contributed by atoms with Crippen molar-refractivity contribution in [2.75, 3.05) is 26.9 Å². The van der Waals surface area contributed by atoms with Gasteiger partial charge in [0.15, 0.2) is 11.6 Å². The molecular formula is C17H25F2NO2. The Balaban J connectivity index is 2.09. The van der Waals surface area contributed by atoms with Crippen molar-refractivity contribution < 1.29 is 18.3 Å². The first kappa shape index (κ1) is 17.3. The van der Waals surface area contributed by atoms with Crippen LogP contribution in [-0.4, -0.2) is 32.5 Å². The average Bonchev–Trinajstić information content (AvgIpc) is 2.51. The summed E-state index contributed by atoms with van der Waals surface area (Å²) in [5.41, 5.74) is 0.511. The molecule has 0 bridgehead atoms. The lowest BCUT2D eigenvalue weighted by Gasteiger charge is -2.38. The van der Waals surface area contributed by atoms with E-state index in [1.54, 1.807) is 13.2 Å². The van der Waals surface area contributed by atoms with Crippen molar-refractivity contribution in [2.45, 2.75) is 38.3 Å². The molecule has 22 heavy (non-hydrogen) atoms. The van der Waals surface area contributed by atoms with Gasteiger partial charge in [0, 0.05) is 45.8 Å². The molecule has 1 aliphatic heterocycles. The van der Waals surface area contributed by atoms with Crippen LogP contribution in [0, 0.1) is 17.6 Å². The van der Waals surface area contributed by atoms with Crippen LogP contribution in [-0.2, 0) is 9.47 Å². The Morgan fingerprint density at radius 2 is 1.91 bits per heavy atom. The molecule has 1 heterocycles. The number of rotatable bonds is 6. The summed E-state index contributed by atoms with van der Waals surface area (Å²) in [5.74, 6) is -1.37. The SMILES string of the molecule is COC1(CNC(c2ccc(F)c(F)c2)C(C)C)CCOCC1. The van der Waals surface area contributed by atoms with E-state index in [1.165, 1.54) is 12.1 Å². The third-order valence-electron chi connectivity index (χ3n) is 4.45. The molecule has 0 spiro atoms. The molecule has 0 amide bonds. The topological polar surface area (TPSA) is 30.5 Å². The molecular weight excluding hydrogens is 288 g/mol. The Hall–Kier alpha value is -1.04. The number of ether oxygens (including phenoxy) is 2. The van der Waals surface area contributed by atoms with E-state index in [0.29, 0.717) is 19.8 Å². The molecule has 1 aromatic carbocycles. The quantitative estimate of drug-likeness (QED) is 0.872. The minimum atomic E-state index is -0.816. The van der Waals surface area contributed by atoms with Gasteiger partial charge in [-0.25, -0.2) is 8.78 Å². The zero-order valence-corrected chi connectivity index (χ0v) is 13.5. The van der Waals surface area contributed by atoms with Crippen LogP contribution in [0.1, 0.15) is 38.3 Å². The van der Waals surface area contributed by atoms with Crippen LogP contribution in [0.4, 0.5) is 8.78 Å². The van der Waals surface area contributed by atoms with Gasteiger partial charge in [0.25, 0.3) is 0 Å². The Morgan fingerprint density at radius 1 is 1.23 bits per heavy atom. The van der Waals surface area contributed by atoms with Crippen LogP contribution < -0.4 is 5.32 Å². The first-order valence-corrected chi connectivity index (χ1v) is 7.79. The highest BCUT2D eigenvalue weighted by Crippen LogP contribution is 2.28. The summed E-state index contributed by atoms with van der Waals surface area (Å²) in [5, 5.41) is 3.47. The fraction of sp³-hybridized carbons (Fsp3) is 0.647. The molecule has 0 saturated carbocycles. The van der Waals surface area contributed by atoms with Crippen LogP contribution >= 0.6 is 0 Å². The normalized spacial score (nSPS) is 19.4. The lowest BCUT2D eigenvalue weighted by molar-refractivity contribution is -0.0892. The Labute approximate surface area is 131 Å². The summed E-state index contributed by atoms with van der Waals surface area (Å²) >= 11 is 0. The van der Waals surface area contributed by atoms with Crippen molar-refractivity contribution in [3.63, 3.8) is 0 Å². The summed E-state index contributed by atoms with van der Waals surface area (Å²) in [7, 11) is 1.72. The monoisotopic (exact) mass is 313 g/mol. The van der Waals surface area contributed by atoms with Crippen LogP contribution in [0.25, 0.3) is 0 Å². The summed E-state index contributed by atoms with van der Waals surface area (Å²) in [4.78, 5) is 0. The molecule has 124 valence electrons. The van der Waals surface area contributed by atoms with E-state index in [-0.39, 0.29) is 17.6 Å². The molecule has 1 aromatic rings. The van der Waals surface area contributed by atoms with Crippen molar-refractivity contribution >= 4 is 0 Å². The minimum Gasteiger partial charge on any atom is -0.381 e. The standard InChI is InChI=1S/C17H25F2NO2/c1-12(2)16(13-4-5-14(18)15(19)10-13)20-11-17(21-3)6-8-22-9-7-17/h4-5,10,12,16,20H,6-9,11H2,1-3H3. The number of nitrogens with one attached hydrogen (secondary N) is 1. The minimum absolute atomic E-state index is 0.0510. The van der Waals surface area contributed by atoms with Crippen LogP contribution in [0.5, 0.6) is 0 Å². The van der Waals surface area contributed by atoms with Gasteiger partial charge in [0.05, 0.1) is 5.60 Å². The predicted molar refractivity (Wildman–Crippen MR) is 81.7 cm³/mol. The fourth-order valence-corrected chi connectivity index (χ4v) is 2.94. The molecule has 5 heteroatoms. The first-order valence-electron chi connectivity index (χ1n) is 7.79. The number of hydrogen-bond donors (Lipinski definition) is 1. The van der Waals surface area contributed by atoms with Gasteiger partial charge in [-0.3, -0.25) is 0 Å². The molecule has 0 radical (unpaired) electrons. The molecule has 1 aliphatic rings. The lowest BCUT2D eigenvalue weighted by atomic mass is 9.91. The van der Waals surface area contributed by atoms with Crippen LogP contribution in [0.15, 0.2) is 18.2 Å². The van der Waals surface area contributed by atoms with Gasteiger partial charge < -0.3 is 14.8 Å². The summed E-state index contributed by atoms with van der Waals surface area (Å²) < 4.78 is 37.7. The largest absolute Gasteiger partial charge is 0.381 e. The molecule has 2 rings (SSSR count). The molecule has 1 fully saturated rings. The van der Waals surface area contributed by atoms with Crippen LogP contribution in [0.3, 0.4) is 0 Å². The highest BCUT2D eigenvalue weighted by Gasteiger charge is 2.33. The van der Waals surface area contributed by atoms with Gasteiger partial charge in [0.2, 0.25) is 0 Å². The summed E-state index contributed by atoms with van der Waals surface area (Å²) in [6, 6.07) is 4.04. The number of halogens is 2. The Morgan fingerprint density at radius 3 is 2.45 bits per heavy atom. The summed E-state index contributed by atoms with van der Waals surface area (Å²) in [6.45, 7) is 6.15. The average molecular weight is 313 g/mol. The van der Waals surface area contributed by atoms with E-state index in [0.717, 1.165) is 18.4 Å². The van der Waals surface area contributed by atoms with E-state index in [9.17, 15) is 8.78 Å². The Bertz CT molecular complexity index is 488. The van der Waals surface area contributed by atoms with E-state index in [1.807, 2.05) is 0 Å². The lowest BCUT2D eigenvalue weighted by Crippen LogP contribution is -2.48. The number of hydrogen-bond acceptors (Lipinski definition) is 3. The van der Waals surface area contributed by atoms with Gasteiger partial charge in [-0.15, -0.1) is 0 Å². The second kappa shape index (κ2) is 7.49. The smallest absolute Gasteiger partial charge is 0.159 e.